The van der Waals surface area contributed by atoms with Crippen LogP contribution in [-0.4, -0.2) is 15.0 Å². The molecule has 0 fully saturated rings. The summed E-state index contributed by atoms with van der Waals surface area (Å²) >= 11 is 5.45. The van der Waals surface area contributed by atoms with Crippen molar-refractivity contribution in [3.05, 3.63) is 35.1 Å². The largest absolute Gasteiger partial charge is 0.399 e. The minimum absolute atomic E-state index is 0.00637. The molecule has 0 aliphatic carbocycles. The molecule has 4 nitrogen and oxygen atoms in total. The number of anilines is 1. The molecule has 0 amide bonds. The summed E-state index contributed by atoms with van der Waals surface area (Å²) < 4.78 is 39.2. The quantitative estimate of drug-likeness (QED) is 0.824. The van der Waals surface area contributed by atoms with Gasteiger partial charge in [-0.25, -0.2) is 17.5 Å². The average molecular weight is 279 g/mol. The monoisotopic (exact) mass is 278 g/mol. The van der Waals surface area contributed by atoms with E-state index in [1.807, 2.05) is 0 Å². The van der Waals surface area contributed by atoms with E-state index in [1.165, 1.54) is 13.0 Å². The molecule has 0 saturated heterocycles. The van der Waals surface area contributed by atoms with E-state index >= 15 is 0 Å². The second-order valence-corrected chi connectivity index (χ2v) is 5.74. The van der Waals surface area contributed by atoms with E-state index < -0.39 is 15.8 Å². The minimum Gasteiger partial charge on any atom is -0.399 e. The molecule has 94 valence electrons. The van der Waals surface area contributed by atoms with Gasteiger partial charge in [0.25, 0.3) is 0 Å². The van der Waals surface area contributed by atoms with Crippen LogP contribution in [-0.2, 0) is 10.0 Å². The van der Waals surface area contributed by atoms with Crippen LogP contribution < -0.4 is 10.5 Å². The molecule has 17 heavy (non-hydrogen) atoms. The van der Waals surface area contributed by atoms with Gasteiger partial charge in [0.05, 0.1) is 4.90 Å². The third-order valence-electron chi connectivity index (χ3n) is 2.06. The molecule has 0 spiro atoms. The van der Waals surface area contributed by atoms with Crippen LogP contribution in [0.2, 0.25) is 0 Å². The molecule has 7 heteroatoms. The normalized spacial score (nSPS) is 11.5. The Balaban J connectivity index is 3.19. The molecule has 1 rings (SSSR count). The van der Waals surface area contributed by atoms with Gasteiger partial charge in [-0.3, -0.25) is 0 Å². The second kappa shape index (κ2) is 5.03. The molecule has 0 aliphatic heterocycles. The predicted molar refractivity (Wildman–Crippen MR) is 65.7 cm³/mol. The van der Waals surface area contributed by atoms with Crippen LogP contribution in [0, 0.1) is 12.7 Å². The summed E-state index contributed by atoms with van der Waals surface area (Å²) in [7, 11) is -3.85. The van der Waals surface area contributed by atoms with Crippen molar-refractivity contribution in [2.75, 3.05) is 12.3 Å². The van der Waals surface area contributed by atoms with Crippen molar-refractivity contribution in [3.63, 3.8) is 0 Å². The zero-order valence-electron chi connectivity index (χ0n) is 9.13. The highest BCUT2D eigenvalue weighted by Crippen LogP contribution is 2.21. The maximum atomic E-state index is 13.4. The molecule has 1 aromatic rings. The van der Waals surface area contributed by atoms with Crippen molar-refractivity contribution in [3.8, 4) is 0 Å². The Bertz CT molecular complexity index is 558. The Labute approximate surface area is 104 Å². The number of benzene rings is 1. The molecule has 0 aliphatic rings. The molecular formula is C10H12ClFN2O2S. The molecule has 0 unspecified atom stereocenters. The van der Waals surface area contributed by atoms with Crippen molar-refractivity contribution in [1.82, 2.24) is 4.72 Å². The standard InChI is InChI=1S/C10H12ClFN2O2S/c1-6(11)5-14-17(15,16)10-4-8(13)3-9(12)7(10)2/h3-4,14H,1,5,13H2,2H3. The Hall–Kier alpha value is -1.11. The highest BCUT2D eigenvalue weighted by Gasteiger charge is 2.19. The highest BCUT2D eigenvalue weighted by molar-refractivity contribution is 7.89. The van der Waals surface area contributed by atoms with Crippen molar-refractivity contribution >= 4 is 27.3 Å². The lowest BCUT2D eigenvalue weighted by Gasteiger charge is -2.10. The lowest BCUT2D eigenvalue weighted by molar-refractivity contribution is 0.578. The summed E-state index contributed by atoms with van der Waals surface area (Å²) in [5.74, 6) is -0.671. The summed E-state index contributed by atoms with van der Waals surface area (Å²) in [5.41, 5.74) is 5.45. The fourth-order valence-corrected chi connectivity index (χ4v) is 2.66. The number of nitrogens with two attached hydrogens (primary N) is 1. The van der Waals surface area contributed by atoms with Gasteiger partial charge in [0.15, 0.2) is 0 Å². The Kier molecular flexibility index (Phi) is 4.13. The molecule has 0 bridgehead atoms. The Morgan fingerprint density at radius 2 is 2.18 bits per heavy atom. The molecule has 0 heterocycles. The van der Waals surface area contributed by atoms with Crippen LogP contribution in [0.25, 0.3) is 0 Å². The summed E-state index contributed by atoms with van der Waals surface area (Å²) in [6.45, 7) is 4.58. The SMILES string of the molecule is C=C(Cl)CNS(=O)(=O)c1cc(N)cc(F)c1C. The van der Waals surface area contributed by atoms with E-state index in [9.17, 15) is 12.8 Å². The number of hydrogen-bond acceptors (Lipinski definition) is 3. The highest BCUT2D eigenvalue weighted by atomic mass is 35.5. The second-order valence-electron chi connectivity index (χ2n) is 3.47. The number of rotatable bonds is 4. The van der Waals surface area contributed by atoms with Crippen LogP contribution >= 0.6 is 11.6 Å². The smallest absolute Gasteiger partial charge is 0.241 e. The molecule has 0 saturated carbocycles. The average Bonchev–Trinajstić information content (AvgIpc) is 2.20. The van der Waals surface area contributed by atoms with E-state index in [2.05, 4.69) is 11.3 Å². The van der Waals surface area contributed by atoms with Gasteiger partial charge in [0.1, 0.15) is 5.82 Å². The fourth-order valence-electron chi connectivity index (χ4n) is 1.20. The third-order valence-corrected chi connectivity index (χ3v) is 3.72. The van der Waals surface area contributed by atoms with E-state index in [-0.39, 0.29) is 27.7 Å². The lowest BCUT2D eigenvalue weighted by Crippen LogP contribution is -2.26. The van der Waals surface area contributed by atoms with E-state index in [4.69, 9.17) is 17.3 Å². The van der Waals surface area contributed by atoms with Gasteiger partial charge >= 0.3 is 0 Å². The van der Waals surface area contributed by atoms with Gasteiger partial charge in [-0.15, -0.1) is 0 Å². The summed E-state index contributed by atoms with van der Waals surface area (Å²) in [6, 6.07) is 2.26. The van der Waals surface area contributed by atoms with Crippen LogP contribution in [0.3, 0.4) is 0 Å². The Morgan fingerprint density at radius 3 is 2.71 bits per heavy atom. The van der Waals surface area contributed by atoms with Crippen LogP contribution in [0.5, 0.6) is 0 Å². The molecule has 3 N–H and O–H groups in total. The van der Waals surface area contributed by atoms with E-state index in [1.54, 1.807) is 0 Å². The summed E-state index contributed by atoms with van der Waals surface area (Å²) in [6.07, 6.45) is 0. The molecule has 0 atom stereocenters. The van der Waals surface area contributed by atoms with E-state index in [0.717, 1.165) is 6.07 Å². The fraction of sp³-hybridized carbons (Fsp3) is 0.200. The first-order valence-electron chi connectivity index (χ1n) is 4.62. The van der Waals surface area contributed by atoms with Gasteiger partial charge in [-0.1, -0.05) is 18.2 Å². The Morgan fingerprint density at radius 1 is 1.59 bits per heavy atom. The van der Waals surface area contributed by atoms with Crippen molar-refractivity contribution in [2.45, 2.75) is 11.8 Å². The van der Waals surface area contributed by atoms with E-state index in [0.29, 0.717) is 0 Å². The first-order valence-corrected chi connectivity index (χ1v) is 6.48. The number of halogens is 2. The van der Waals surface area contributed by atoms with Crippen LogP contribution in [0.4, 0.5) is 10.1 Å². The van der Waals surface area contributed by atoms with Gasteiger partial charge in [0, 0.05) is 22.8 Å². The zero-order valence-corrected chi connectivity index (χ0v) is 10.7. The van der Waals surface area contributed by atoms with Gasteiger partial charge in [0.2, 0.25) is 10.0 Å². The lowest BCUT2D eigenvalue weighted by atomic mass is 10.2. The van der Waals surface area contributed by atoms with Crippen molar-refractivity contribution in [2.24, 2.45) is 0 Å². The topological polar surface area (TPSA) is 72.2 Å². The first kappa shape index (κ1) is 14.0. The number of hydrogen-bond donors (Lipinski definition) is 2. The third kappa shape index (κ3) is 3.42. The maximum Gasteiger partial charge on any atom is 0.241 e. The number of sulfonamides is 1. The predicted octanol–water partition coefficient (Wildman–Crippen LogP) is 1.75. The van der Waals surface area contributed by atoms with Crippen molar-refractivity contribution in [1.29, 1.82) is 0 Å². The number of nitrogens with one attached hydrogen (secondary N) is 1. The summed E-state index contributed by atoms with van der Waals surface area (Å²) in [4.78, 5) is -0.201. The van der Waals surface area contributed by atoms with Gasteiger partial charge in [-0.05, 0) is 19.1 Å². The van der Waals surface area contributed by atoms with Gasteiger partial charge in [-0.2, -0.15) is 0 Å². The molecule has 0 radical (unpaired) electrons. The molecular weight excluding hydrogens is 267 g/mol. The zero-order chi connectivity index (χ0) is 13.2. The minimum atomic E-state index is -3.85. The molecule has 1 aromatic carbocycles. The van der Waals surface area contributed by atoms with Crippen LogP contribution in [0.15, 0.2) is 28.6 Å². The first-order chi connectivity index (χ1) is 7.74. The molecule has 0 aromatic heterocycles. The number of nitrogen functional groups attached to an aromatic ring is 1. The maximum absolute atomic E-state index is 13.4. The van der Waals surface area contributed by atoms with Crippen molar-refractivity contribution < 1.29 is 12.8 Å². The van der Waals surface area contributed by atoms with Gasteiger partial charge < -0.3 is 5.73 Å². The summed E-state index contributed by atoms with van der Waals surface area (Å²) in [5, 5.41) is 0.135. The van der Waals surface area contributed by atoms with Crippen LogP contribution in [0.1, 0.15) is 5.56 Å².